The molecule has 0 bridgehead atoms. The van der Waals surface area contributed by atoms with Gasteiger partial charge in [-0.05, 0) is 39.2 Å². The third kappa shape index (κ3) is 4.71. The molecule has 2 saturated heterocycles. The highest BCUT2D eigenvalue weighted by Gasteiger charge is 2.32. The van der Waals surface area contributed by atoms with E-state index in [1.807, 2.05) is 6.92 Å². The number of aryl methyl sites for hydroxylation is 1. The normalized spacial score (nSPS) is 22.4. The van der Waals surface area contributed by atoms with Gasteiger partial charge in [-0.3, -0.25) is 14.7 Å². The molecule has 1 aromatic heterocycles. The lowest BCUT2D eigenvalue weighted by Crippen LogP contribution is -2.51. The Hall–Kier alpha value is -1.73. The summed E-state index contributed by atoms with van der Waals surface area (Å²) in [5, 5.41) is 3.00. The molecular formula is C19H31N5O2. The number of amides is 1. The standard InChI is InChI=1S/C19H31N5O2/c1-15-18(21-8-7-20-15)23-11-5-17(6-12-23)24-10-3-4-16(14-24)19(25)22-9-13-26-2/h7-8,16-17H,3-6,9-14H2,1-2H3,(H,22,25). The molecule has 1 atom stereocenters. The Morgan fingerprint density at radius 1 is 1.23 bits per heavy atom. The highest BCUT2D eigenvalue weighted by Crippen LogP contribution is 2.26. The number of nitrogens with one attached hydrogen (secondary N) is 1. The van der Waals surface area contributed by atoms with Crippen LogP contribution in [0.25, 0.3) is 0 Å². The van der Waals surface area contributed by atoms with Crippen molar-refractivity contribution in [3.63, 3.8) is 0 Å². The van der Waals surface area contributed by atoms with Gasteiger partial charge in [0.2, 0.25) is 5.91 Å². The second-order valence-corrected chi connectivity index (χ2v) is 7.30. The average molecular weight is 361 g/mol. The van der Waals surface area contributed by atoms with E-state index in [1.165, 1.54) is 0 Å². The monoisotopic (exact) mass is 361 g/mol. The Morgan fingerprint density at radius 3 is 2.73 bits per heavy atom. The number of hydrogen-bond acceptors (Lipinski definition) is 6. The van der Waals surface area contributed by atoms with Gasteiger partial charge in [0.1, 0.15) is 5.82 Å². The summed E-state index contributed by atoms with van der Waals surface area (Å²) in [6.45, 7) is 7.19. The number of rotatable bonds is 6. The third-order valence-corrected chi connectivity index (χ3v) is 5.56. The summed E-state index contributed by atoms with van der Waals surface area (Å²) < 4.78 is 5.01. The van der Waals surface area contributed by atoms with Crippen molar-refractivity contribution in [1.82, 2.24) is 20.2 Å². The van der Waals surface area contributed by atoms with Crippen LogP contribution >= 0.6 is 0 Å². The van der Waals surface area contributed by atoms with Crippen LogP contribution < -0.4 is 10.2 Å². The Bertz CT molecular complexity index is 589. The van der Waals surface area contributed by atoms with E-state index in [2.05, 4.69) is 25.1 Å². The second kappa shape index (κ2) is 9.28. The second-order valence-electron chi connectivity index (χ2n) is 7.30. The summed E-state index contributed by atoms with van der Waals surface area (Å²) in [7, 11) is 1.66. The van der Waals surface area contributed by atoms with E-state index in [0.717, 1.165) is 63.4 Å². The van der Waals surface area contributed by atoms with Gasteiger partial charge < -0.3 is 15.0 Å². The van der Waals surface area contributed by atoms with Crippen molar-refractivity contribution in [1.29, 1.82) is 0 Å². The number of anilines is 1. The SMILES string of the molecule is COCCNC(=O)C1CCCN(C2CCN(c3nccnc3C)CC2)C1. The first kappa shape index (κ1) is 19.0. The van der Waals surface area contributed by atoms with Gasteiger partial charge in [0, 0.05) is 51.7 Å². The molecule has 3 heterocycles. The van der Waals surface area contributed by atoms with E-state index in [-0.39, 0.29) is 11.8 Å². The fraction of sp³-hybridized carbons (Fsp3) is 0.737. The molecule has 1 amide bonds. The molecule has 26 heavy (non-hydrogen) atoms. The number of piperidine rings is 2. The number of hydrogen-bond donors (Lipinski definition) is 1. The van der Waals surface area contributed by atoms with E-state index < -0.39 is 0 Å². The summed E-state index contributed by atoms with van der Waals surface area (Å²) in [6, 6.07) is 0.567. The molecule has 0 spiro atoms. The van der Waals surface area contributed by atoms with E-state index in [4.69, 9.17) is 4.74 Å². The summed E-state index contributed by atoms with van der Waals surface area (Å²) in [6.07, 6.45) is 7.85. The minimum atomic E-state index is 0.112. The van der Waals surface area contributed by atoms with Crippen molar-refractivity contribution >= 4 is 11.7 Å². The molecule has 2 aliphatic heterocycles. The van der Waals surface area contributed by atoms with Crippen LogP contribution in [0.2, 0.25) is 0 Å². The zero-order valence-corrected chi connectivity index (χ0v) is 16.0. The third-order valence-electron chi connectivity index (χ3n) is 5.56. The number of likely N-dealkylation sites (tertiary alicyclic amines) is 1. The maximum Gasteiger partial charge on any atom is 0.224 e. The molecule has 1 unspecified atom stereocenters. The molecule has 1 N–H and O–H groups in total. The molecule has 0 aliphatic carbocycles. The number of ether oxygens (including phenoxy) is 1. The fourth-order valence-electron chi connectivity index (χ4n) is 4.13. The van der Waals surface area contributed by atoms with E-state index in [1.54, 1.807) is 19.5 Å². The summed E-state index contributed by atoms with van der Waals surface area (Å²) in [5.41, 5.74) is 0.997. The molecule has 0 aromatic carbocycles. The Labute approximate surface area is 156 Å². The zero-order chi connectivity index (χ0) is 18.4. The van der Waals surface area contributed by atoms with Crippen LogP contribution in [0, 0.1) is 12.8 Å². The zero-order valence-electron chi connectivity index (χ0n) is 16.0. The largest absolute Gasteiger partial charge is 0.383 e. The first-order valence-electron chi connectivity index (χ1n) is 9.72. The van der Waals surface area contributed by atoms with Crippen LogP contribution in [0.5, 0.6) is 0 Å². The lowest BCUT2D eigenvalue weighted by atomic mass is 9.93. The lowest BCUT2D eigenvalue weighted by Gasteiger charge is -2.42. The molecule has 0 radical (unpaired) electrons. The molecule has 2 fully saturated rings. The molecule has 7 nitrogen and oxygen atoms in total. The summed E-state index contributed by atoms with van der Waals surface area (Å²) in [5.74, 6) is 1.31. The van der Waals surface area contributed by atoms with Crippen molar-refractivity contribution < 1.29 is 9.53 Å². The maximum atomic E-state index is 12.4. The summed E-state index contributed by atoms with van der Waals surface area (Å²) >= 11 is 0. The molecule has 0 saturated carbocycles. The number of carbonyl (C=O) groups is 1. The number of nitrogens with zero attached hydrogens (tertiary/aromatic N) is 4. The molecule has 144 valence electrons. The summed E-state index contributed by atoms with van der Waals surface area (Å²) in [4.78, 5) is 26.1. The fourth-order valence-corrected chi connectivity index (χ4v) is 4.13. The van der Waals surface area contributed by atoms with Crippen molar-refractivity contribution in [2.45, 2.75) is 38.6 Å². The van der Waals surface area contributed by atoms with Gasteiger partial charge in [-0.1, -0.05) is 0 Å². The highest BCUT2D eigenvalue weighted by atomic mass is 16.5. The van der Waals surface area contributed by atoms with Crippen LogP contribution in [0.15, 0.2) is 12.4 Å². The van der Waals surface area contributed by atoms with Crippen LogP contribution in [-0.2, 0) is 9.53 Å². The number of methoxy groups -OCH3 is 1. The Morgan fingerprint density at radius 2 is 2.00 bits per heavy atom. The van der Waals surface area contributed by atoms with Crippen molar-refractivity contribution in [2.24, 2.45) is 5.92 Å². The average Bonchev–Trinajstić information content (AvgIpc) is 2.69. The Balaban J connectivity index is 1.49. The molecular weight excluding hydrogens is 330 g/mol. The van der Waals surface area contributed by atoms with Gasteiger partial charge in [0.05, 0.1) is 18.2 Å². The molecule has 7 heteroatoms. The highest BCUT2D eigenvalue weighted by molar-refractivity contribution is 5.78. The van der Waals surface area contributed by atoms with Gasteiger partial charge in [0.25, 0.3) is 0 Å². The van der Waals surface area contributed by atoms with E-state index in [0.29, 0.717) is 19.2 Å². The van der Waals surface area contributed by atoms with Crippen LogP contribution in [-0.4, -0.2) is 73.3 Å². The topological polar surface area (TPSA) is 70.6 Å². The number of carbonyl (C=O) groups excluding carboxylic acids is 1. The van der Waals surface area contributed by atoms with Crippen LogP contribution in [0.1, 0.15) is 31.4 Å². The van der Waals surface area contributed by atoms with Gasteiger partial charge in [-0.25, -0.2) is 4.98 Å². The van der Waals surface area contributed by atoms with Gasteiger partial charge in [-0.2, -0.15) is 0 Å². The smallest absolute Gasteiger partial charge is 0.224 e. The maximum absolute atomic E-state index is 12.4. The van der Waals surface area contributed by atoms with Crippen LogP contribution in [0.4, 0.5) is 5.82 Å². The first-order chi connectivity index (χ1) is 12.7. The molecule has 2 aliphatic rings. The molecule has 1 aromatic rings. The van der Waals surface area contributed by atoms with Crippen molar-refractivity contribution in [3.05, 3.63) is 18.1 Å². The Kier molecular flexibility index (Phi) is 6.80. The van der Waals surface area contributed by atoms with Gasteiger partial charge >= 0.3 is 0 Å². The lowest BCUT2D eigenvalue weighted by molar-refractivity contribution is -0.127. The van der Waals surface area contributed by atoms with E-state index >= 15 is 0 Å². The predicted molar refractivity (Wildman–Crippen MR) is 101 cm³/mol. The predicted octanol–water partition coefficient (Wildman–Crippen LogP) is 1.23. The molecule has 3 rings (SSSR count). The number of aromatic nitrogens is 2. The van der Waals surface area contributed by atoms with Gasteiger partial charge in [-0.15, -0.1) is 0 Å². The van der Waals surface area contributed by atoms with E-state index in [9.17, 15) is 4.79 Å². The minimum absolute atomic E-state index is 0.112. The van der Waals surface area contributed by atoms with Crippen molar-refractivity contribution in [2.75, 3.05) is 51.3 Å². The quantitative estimate of drug-likeness (QED) is 0.769. The van der Waals surface area contributed by atoms with Gasteiger partial charge in [0.15, 0.2) is 0 Å². The van der Waals surface area contributed by atoms with Crippen molar-refractivity contribution in [3.8, 4) is 0 Å². The first-order valence-corrected chi connectivity index (χ1v) is 9.72. The van der Waals surface area contributed by atoms with Crippen LogP contribution in [0.3, 0.4) is 0 Å². The minimum Gasteiger partial charge on any atom is -0.383 e.